The molecular weight excluding hydrogens is 415 g/mol. The third kappa shape index (κ3) is 3.69. The zero-order valence-corrected chi connectivity index (χ0v) is 20.3. The van der Waals surface area contributed by atoms with Crippen LogP contribution in [0, 0.1) is 13.8 Å². The Balaban J connectivity index is 1.84. The molecule has 1 heterocycles. The van der Waals surface area contributed by atoms with Crippen LogP contribution in [-0.2, 0) is 0 Å². The molecule has 0 saturated heterocycles. The minimum atomic E-state index is -2.00. The molecule has 2 unspecified atom stereocenters. The van der Waals surface area contributed by atoms with Crippen LogP contribution in [0.4, 0.5) is 0 Å². The van der Waals surface area contributed by atoms with Gasteiger partial charge in [0.1, 0.15) is 28.8 Å². The molecule has 33 heavy (non-hydrogen) atoms. The van der Waals surface area contributed by atoms with Crippen LogP contribution in [0.2, 0.25) is 0 Å². The topological polar surface area (TPSA) is 0 Å². The van der Waals surface area contributed by atoms with Crippen molar-refractivity contribution in [1.29, 1.82) is 0 Å². The average molecular weight is 446 g/mol. The second kappa shape index (κ2) is 8.97. The molecule has 0 nitrogen and oxygen atoms in total. The van der Waals surface area contributed by atoms with Crippen LogP contribution in [-0.4, -0.2) is 5.66 Å². The number of rotatable bonds is 5. The summed E-state index contributed by atoms with van der Waals surface area (Å²) in [5.41, 5.74) is 5.56. The van der Waals surface area contributed by atoms with Crippen LogP contribution in [0.5, 0.6) is 0 Å². The van der Waals surface area contributed by atoms with Crippen molar-refractivity contribution < 1.29 is 0 Å². The molecule has 0 fully saturated rings. The lowest BCUT2D eigenvalue weighted by Gasteiger charge is -2.32. The second-order valence-electron chi connectivity index (χ2n) is 8.97. The highest BCUT2D eigenvalue weighted by Gasteiger charge is 2.59. The molecule has 1 aliphatic rings. The van der Waals surface area contributed by atoms with Crippen molar-refractivity contribution in [3.05, 3.63) is 150 Å². The first-order valence-electron chi connectivity index (χ1n) is 11.6. The fraction of sp³-hybridized carbons (Fsp3) is 0.125. The van der Waals surface area contributed by atoms with E-state index >= 15 is 0 Å². The fourth-order valence-corrected chi connectivity index (χ4v) is 10.5. The van der Waals surface area contributed by atoms with Gasteiger partial charge in [0.25, 0.3) is 0 Å². The lowest BCUT2D eigenvalue weighted by Crippen LogP contribution is -2.30. The molecule has 2 atom stereocenters. The van der Waals surface area contributed by atoms with Gasteiger partial charge >= 0.3 is 0 Å². The average Bonchev–Trinajstić information content (AvgIpc) is 3.22. The van der Waals surface area contributed by atoms with Gasteiger partial charge in [-0.25, -0.2) is 0 Å². The number of benzene rings is 4. The number of aryl methyl sites for hydroxylation is 2. The van der Waals surface area contributed by atoms with Crippen molar-refractivity contribution in [2.75, 3.05) is 0 Å². The third-order valence-corrected chi connectivity index (χ3v) is 11.7. The molecule has 4 aromatic carbocycles. The van der Waals surface area contributed by atoms with Crippen LogP contribution >= 0.6 is 7.26 Å². The SMILES string of the molecule is C=CC1C(c2ccc(C)cc2)C=C(c2ccc(C)cc2)[P+]1(c1ccccc1)c1ccccc1. The van der Waals surface area contributed by atoms with Gasteiger partial charge in [0.05, 0.1) is 0 Å². The Bertz CT molecular complexity index is 1230. The quantitative estimate of drug-likeness (QED) is 0.218. The first-order valence-corrected chi connectivity index (χ1v) is 13.5. The molecule has 4 aromatic rings. The molecule has 0 bridgehead atoms. The Morgan fingerprint density at radius 1 is 0.636 bits per heavy atom. The van der Waals surface area contributed by atoms with Crippen molar-refractivity contribution in [2.24, 2.45) is 0 Å². The van der Waals surface area contributed by atoms with Crippen LogP contribution in [0.25, 0.3) is 5.31 Å². The molecule has 0 radical (unpaired) electrons. The molecule has 5 rings (SSSR count). The van der Waals surface area contributed by atoms with Gasteiger partial charge in [0, 0.05) is 11.5 Å². The summed E-state index contributed by atoms with van der Waals surface area (Å²) < 4.78 is 0. The van der Waals surface area contributed by atoms with E-state index in [1.807, 2.05) is 0 Å². The summed E-state index contributed by atoms with van der Waals surface area (Å²) in [6.45, 7) is 8.73. The van der Waals surface area contributed by atoms with Gasteiger partial charge in [-0.1, -0.05) is 103 Å². The van der Waals surface area contributed by atoms with E-state index in [1.54, 1.807) is 0 Å². The third-order valence-electron chi connectivity index (χ3n) is 6.91. The van der Waals surface area contributed by atoms with Gasteiger partial charge in [0.2, 0.25) is 0 Å². The maximum Gasteiger partial charge on any atom is 0.120 e. The van der Waals surface area contributed by atoms with E-state index in [0.29, 0.717) is 5.66 Å². The second-order valence-corrected chi connectivity index (χ2v) is 12.5. The number of hydrogen-bond donors (Lipinski definition) is 0. The molecule has 1 aliphatic heterocycles. The van der Waals surface area contributed by atoms with Crippen molar-refractivity contribution >= 4 is 23.2 Å². The van der Waals surface area contributed by atoms with Crippen molar-refractivity contribution in [1.82, 2.24) is 0 Å². The molecule has 0 aromatic heterocycles. The largest absolute Gasteiger partial charge is 0.120 e. The van der Waals surface area contributed by atoms with E-state index in [4.69, 9.17) is 0 Å². The Kier molecular flexibility index (Phi) is 5.88. The lowest BCUT2D eigenvalue weighted by molar-refractivity contribution is 0.888. The number of allylic oxidation sites excluding steroid dienone is 2. The number of hydrogen-bond acceptors (Lipinski definition) is 0. The highest BCUT2D eigenvalue weighted by atomic mass is 31.2. The molecule has 0 amide bonds. The zero-order valence-electron chi connectivity index (χ0n) is 19.4. The monoisotopic (exact) mass is 445 g/mol. The van der Waals surface area contributed by atoms with Gasteiger partial charge in [-0.15, -0.1) is 0 Å². The van der Waals surface area contributed by atoms with Crippen LogP contribution < -0.4 is 10.6 Å². The van der Waals surface area contributed by atoms with Gasteiger partial charge in [-0.2, -0.15) is 0 Å². The summed E-state index contributed by atoms with van der Waals surface area (Å²) >= 11 is 0. The van der Waals surface area contributed by atoms with Gasteiger partial charge in [-0.3, -0.25) is 0 Å². The van der Waals surface area contributed by atoms with Crippen molar-refractivity contribution in [2.45, 2.75) is 25.4 Å². The summed E-state index contributed by atoms with van der Waals surface area (Å²) in [5, 5.41) is 4.31. The Morgan fingerprint density at radius 3 is 1.61 bits per heavy atom. The highest BCUT2D eigenvalue weighted by molar-refractivity contribution is 7.98. The van der Waals surface area contributed by atoms with Crippen molar-refractivity contribution in [3.63, 3.8) is 0 Å². The molecule has 0 saturated carbocycles. The summed E-state index contributed by atoms with van der Waals surface area (Å²) in [5.74, 6) is 0.285. The smallest absolute Gasteiger partial charge is 0.0991 e. The molecule has 0 aliphatic carbocycles. The maximum absolute atomic E-state index is 4.42. The molecule has 1 heteroatoms. The normalized spacial score (nSPS) is 19.2. The molecule has 0 spiro atoms. The van der Waals surface area contributed by atoms with E-state index in [9.17, 15) is 0 Å². The van der Waals surface area contributed by atoms with Crippen LogP contribution in [0.3, 0.4) is 0 Å². The Hall–Kier alpha value is -3.21. The van der Waals surface area contributed by atoms with Gasteiger partial charge in [-0.05, 0) is 55.8 Å². The van der Waals surface area contributed by atoms with Gasteiger partial charge < -0.3 is 0 Å². The maximum atomic E-state index is 4.42. The molecule has 162 valence electrons. The van der Waals surface area contributed by atoms with Crippen molar-refractivity contribution in [3.8, 4) is 0 Å². The van der Waals surface area contributed by atoms with E-state index in [2.05, 4.69) is 142 Å². The Morgan fingerprint density at radius 2 is 1.12 bits per heavy atom. The first-order chi connectivity index (χ1) is 16.1. The minimum absolute atomic E-state index is 0.285. The summed E-state index contributed by atoms with van der Waals surface area (Å²) in [6.07, 6.45) is 4.78. The minimum Gasteiger partial charge on any atom is -0.0991 e. The van der Waals surface area contributed by atoms with E-state index in [0.717, 1.165) is 0 Å². The predicted molar refractivity (Wildman–Crippen MR) is 146 cm³/mol. The highest BCUT2D eigenvalue weighted by Crippen LogP contribution is 2.77. The molecular formula is C32H30P+. The predicted octanol–water partition coefficient (Wildman–Crippen LogP) is 7.66. The van der Waals surface area contributed by atoms with E-state index in [-0.39, 0.29) is 5.92 Å². The summed E-state index contributed by atoms with van der Waals surface area (Å²) in [4.78, 5) is 0. The van der Waals surface area contributed by atoms with Crippen LogP contribution in [0.15, 0.2) is 128 Å². The van der Waals surface area contributed by atoms with E-state index in [1.165, 1.54) is 38.2 Å². The summed E-state index contributed by atoms with van der Waals surface area (Å²) in [6, 6.07) is 40.5. The summed E-state index contributed by atoms with van der Waals surface area (Å²) in [7, 11) is -2.00. The van der Waals surface area contributed by atoms with Gasteiger partial charge in [0.15, 0.2) is 0 Å². The van der Waals surface area contributed by atoms with Crippen LogP contribution in [0.1, 0.15) is 28.2 Å². The Labute approximate surface area is 198 Å². The van der Waals surface area contributed by atoms with E-state index < -0.39 is 7.26 Å². The lowest BCUT2D eigenvalue weighted by atomic mass is 9.93. The zero-order chi connectivity index (χ0) is 22.8. The standard InChI is InChI=1S/C32H30P/c1-4-31-30(26-19-15-24(2)16-20-26)23-32(27-21-17-25(3)18-22-27)33(31,28-11-7-5-8-12-28)29-13-9-6-10-14-29/h4-23,30-31H,1H2,2-3H3/q+1. The first kappa shape index (κ1) is 21.6. The fourth-order valence-electron chi connectivity index (χ4n) is 5.30. The molecule has 0 N–H and O–H groups in total.